The molecule has 1 aliphatic carbocycles. The average Bonchev–Trinajstić information content (AvgIpc) is 2.98. The van der Waals surface area contributed by atoms with Gasteiger partial charge in [-0.3, -0.25) is 9.00 Å². The van der Waals surface area contributed by atoms with Gasteiger partial charge in [0, 0.05) is 34.2 Å². The van der Waals surface area contributed by atoms with Crippen molar-refractivity contribution in [3.63, 3.8) is 0 Å². The maximum absolute atomic E-state index is 12.8. The predicted octanol–water partition coefficient (Wildman–Crippen LogP) is 2.15. The van der Waals surface area contributed by atoms with E-state index in [9.17, 15) is 13.8 Å². The van der Waals surface area contributed by atoms with Gasteiger partial charge in [0.05, 0.1) is 11.8 Å². The molecule has 0 radical (unpaired) electrons. The minimum absolute atomic E-state index is 0.0196. The molecule has 1 saturated carbocycles. The smallest absolute Gasteiger partial charge is 0.315 e. The molecule has 1 aliphatic heterocycles. The Balaban J connectivity index is 1.85. The number of nitrogens with zero attached hydrogens (tertiary/aromatic N) is 1. The Morgan fingerprint density at radius 2 is 1.80 bits per heavy atom. The molecule has 1 saturated heterocycles. The van der Waals surface area contributed by atoms with Crippen LogP contribution in [-0.4, -0.2) is 56.2 Å². The summed E-state index contributed by atoms with van der Waals surface area (Å²) in [5, 5.41) is 5.63. The van der Waals surface area contributed by atoms with Crippen molar-refractivity contribution in [1.29, 1.82) is 0 Å². The molecule has 0 aromatic heterocycles. The number of likely N-dealkylation sites (tertiary alicyclic amines) is 1. The van der Waals surface area contributed by atoms with Crippen LogP contribution in [0.3, 0.4) is 0 Å². The van der Waals surface area contributed by atoms with Crippen molar-refractivity contribution >= 4 is 22.7 Å². The minimum Gasteiger partial charge on any atom is -0.338 e. The molecular weight excluding hydrogens is 338 g/mol. The van der Waals surface area contributed by atoms with Gasteiger partial charge in [0.2, 0.25) is 5.91 Å². The molecule has 2 rings (SSSR count). The van der Waals surface area contributed by atoms with Gasteiger partial charge in [-0.25, -0.2) is 4.79 Å². The van der Waals surface area contributed by atoms with E-state index in [1.807, 2.05) is 32.6 Å². The Morgan fingerprint density at radius 3 is 2.40 bits per heavy atom. The largest absolute Gasteiger partial charge is 0.338 e. The van der Waals surface area contributed by atoms with Crippen molar-refractivity contribution in [1.82, 2.24) is 15.5 Å². The number of hydrogen-bond donors (Lipinski definition) is 2. The zero-order valence-corrected chi connectivity index (χ0v) is 16.8. The van der Waals surface area contributed by atoms with Crippen molar-refractivity contribution in [2.24, 2.45) is 0 Å². The fourth-order valence-corrected chi connectivity index (χ4v) is 5.54. The molecule has 144 valence electrons. The van der Waals surface area contributed by atoms with E-state index >= 15 is 0 Å². The number of rotatable bonds is 4. The second-order valence-corrected chi connectivity index (χ2v) is 10.7. The van der Waals surface area contributed by atoms with E-state index in [4.69, 9.17) is 0 Å². The molecule has 2 fully saturated rings. The summed E-state index contributed by atoms with van der Waals surface area (Å²) in [6.07, 6.45) is 5.86. The minimum atomic E-state index is -1.01. The molecule has 7 heteroatoms. The third-order valence-corrected chi connectivity index (χ3v) is 7.49. The third-order valence-electron chi connectivity index (χ3n) is 5.17. The Hall–Kier alpha value is -1.11. The van der Waals surface area contributed by atoms with E-state index in [1.165, 1.54) is 0 Å². The standard InChI is InChI=1S/C18H33N3O3S/c1-13-8-7-11-21(13)16(22)12-19-17(23)20-14-9-5-6-10-15(14)25(24)18(2,3)4/h13-15H,5-12H2,1-4H3,(H2,19,20,23). The van der Waals surface area contributed by atoms with Gasteiger partial charge in [-0.1, -0.05) is 12.8 Å². The fourth-order valence-electron chi connectivity index (χ4n) is 3.75. The van der Waals surface area contributed by atoms with Gasteiger partial charge in [-0.05, 0) is 53.4 Å². The van der Waals surface area contributed by atoms with Gasteiger partial charge in [0.1, 0.15) is 0 Å². The number of hydrogen-bond acceptors (Lipinski definition) is 3. The summed E-state index contributed by atoms with van der Waals surface area (Å²) < 4.78 is 12.5. The van der Waals surface area contributed by atoms with Crippen LogP contribution in [0.15, 0.2) is 0 Å². The maximum atomic E-state index is 12.8. The van der Waals surface area contributed by atoms with Gasteiger partial charge in [0.15, 0.2) is 0 Å². The fraction of sp³-hybridized carbons (Fsp3) is 0.889. The number of nitrogens with one attached hydrogen (secondary N) is 2. The number of amides is 3. The molecule has 3 amide bonds. The van der Waals surface area contributed by atoms with Crippen molar-refractivity contribution in [2.45, 2.75) is 88.3 Å². The SMILES string of the molecule is CC1CCCN1C(=O)CNC(=O)NC1CCCCC1S(=O)C(C)(C)C. The summed E-state index contributed by atoms with van der Waals surface area (Å²) in [6, 6.07) is -0.160. The van der Waals surface area contributed by atoms with E-state index in [-0.39, 0.29) is 40.6 Å². The van der Waals surface area contributed by atoms with Crippen LogP contribution >= 0.6 is 0 Å². The molecule has 25 heavy (non-hydrogen) atoms. The second-order valence-electron chi connectivity index (χ2n) is 8.24. The Kier molecular flexibility index (Phi) is 6.88. The molecule has 4 atom stereocenters. The monoisotopic (exact) mass is 371 g/mol. The van der Waals surface area contributed by atoms with E-state index < -0.39 is 10.8 Å². The molecule has 6 nitrogen and oxygen atoms in total. The molecule has 4 unspecified atom stereocenters. The molecule has 1 heterocycles. The van der Waals surface area contributed by atoms with Crippen molar-refractivity contribution < 1.29 is 13.8 Å². The van der Waals surface area contributed by atoms with Gasteiger partial charge in [-0.15, -0.1) is 0 Å². The lowest BCUT2D eigenvalue weighted by Crippen LogP contribution is -2.53. The van der Waals surface area contributed by atoms with Crippen LogP contribution in [0.2, 0.25) is 0 Å². The summed E-state index contributed by atoms with van der Waals surface area (Å²) in [4.78, 5) is 26.3. The van der Waals surface area contributed by atoms with Crippen molar-refractivity contribution in [2.75, 3.05) is 13.1 Å². The van der Waals surface area contributed by atoms with E-state index in [2.05, 4.69) is 10.6 Å². The predicted molar refractivity (Wildman–Crippen MR) is 101 cm³/mol. The van der Waals surface area contributed by atoms with Crippen LogP contribution < -0.4 is 10.6 Å². The first-order valence-corrected chi connectivity index (χ1v) is 10.7. The number of carbonyl (C=O) groups excluding carboxylic acids is 2. The summed E-state index contributed by atoms with van der Waals surface area (Å²) >= 11 is 0. The van der Waals surface area contributed by atoms with Gasteiger partial charge < -0.3 is 15.5 Å². The lowest BCUT2D eigenvalue weighted by atomic mass is 9.95. The zero-order chi connectivity index (χ0) is 18.6. The first-order chi connectivity index (χ1) is 11.7. The Bertz CT molecular complexity index is 518. The van der Waals surface area contributed by atoms with E-state index in [1.54, 1.807) is 0 Å². The van der Waals surface area contributed by atoms with Crippen molar-refractivity contribution in [3.05, 3.63) is 0 Å². The highest BCUT2D eigenvalue weighted by atomic mass is 32.2. The quantitative estimate of drug-likeness (QED) is 0.795. The van der Waals surface area contributed by atoms with Crippen LogP contribution in [0.25, 0.3) is 0 Å². The van der Waals surface area contributed by atoms with Crippen LogP contribution in [0.4, 0.5) is 4.79 Å². The molecule has 0 bridgehead atoms. The highest BCUT2D eigenvalue weighted by Crippen LogP contribution is 2.28. The van der Waals surface area contributed by atoms with Gasteiger partial charge in [-0.2, -0.15) is 0 Å². The van der Waals surface area contributed by atoms with E-state index in [0.29, 0.717) is 0 Å². The van der Waals surface area contributed by atoms with Crippen LogP contribution in [0, 0.1) is 0 Å². The Labute approximate surface area is 153 Å². The number of carbonyl (C=O) groups is 2. The summed E-state index contributed by atoms with van der Waals surface area (Å²) in [5.74, 6) is -0.0291. The number of urea groups is 1. The van der Waals surface area contributed by atoms with Crippen LogP contribution in [-0.2, 0) is 15.6 Å². The highest BCUT2D eigenvalue weighted by molar-refractivity contribution is 7.87. The molecule has 2 N–H and O–H groups in total. The second kappa shape index (κ2) is 8.52. The van der Waals surface area contributed by atoms with E-state index in [0.717, 1.165) is 45.1 Å². The van der Waals surface area contributed by atoms with Gasteiger partial charge in [0.25, 0.3) is 0 Å². The summed E-state index contributed by atoms with van der Waals surface area (Å²) in [7, 11) is -1.01. The van der Waals surface area contributed by atoms with Crippen LogP contribution in [0.5, 0.6) is 0 Å². The lowest BCUT2D eigenvalue weighted by molar-refractivity contribution is -0.130. The Morgan fingerprint density at radius 1 is 1.12 bits per heavy atom. The molecule has 0 spiro atoms. The van der Waals surface area contributed by atoms with Crippen LogP contribution in [0.1, 0.15) is 66.2 Å². The normalized spacial score (nSPS) is 28.5. The van der Waals surface area contributed by atoms with Crippen molar-refractivity contribution in [3.8, 4) is 0 Å². The maximum Gasteiger partial charge on any atom is 0.315 e. The average molecular weight is 372 g/mol. The summed E-state index contributed by atoms with van der Waals surface area (Å²) in [6.45, 7) is 8.77. The highest BCUT2D eigenvalue weighted by Gasteiger charge is 2.36. The molecule has 2 aliphatic rings. The third kappa shape index (κ3) is 5.43. The molecule has 0 aromatic rings. The van der Waals surface area contributed by atoms with Gasteiger partial charge >= 0.3 is 6.03 Å². The topological polar surface area (TPSA) is 78.5 Å². The lowest BCUT2D eigenvalue weighted by Gasteiger charge is -2.35. The molecule has 0 aromatic carbocycles. The first kappa shape index (κ1) is 20.2. The molecular formula is C18H33N3O3S. The zero-order valence-electron chi connectivity index (χ0n) is 16.0. The summed E-state index contributed by atoms with van der Waals surface area (Å²) in [5.41, 5.74) is 0. The first-order valence-electron chi connectivity index (χ1n) is 9.44.